The number of primary amides is 1. The highest BCUT2D eigenvalue weighted by Crippen LogP contribution is 2.46. The highest BCUT2D eigenvalue weighted by Gasteiger charge is 2.40. The minimum atomic E-state index is -0.428. The molecule has 2 atom stereocenters. The fourth-order valence-electron chi connectivity index (χ4n) is 6.87. The fourth-order valence-corrected chi connectivity index (χ4v) is 6.87. The molecular weight excluding hydrogens is 436 g/mol. The summed E-state index contributed by atoms with van der Waals surface area (Å²) >= 11 is 0. The Morgan fingerprint density at radius 2 is 1.77 bits per heavy atom. The Morgan fingerprint density at radius 3 is 2.40 bits per heavy atom. The number of hydrogen-bond acceptors (Lipinski definition) is 5. The topological polar surface area (TPSA) is 71.7 Å². The lowest BCUT2D eigenvalue weighted by Crippen LogP contribution is -2.50. The van der Waals surface area contributed by atoms with Gasteiger partial charge in [-0.2, -0.15) is 0 Å². The molecule has 2 aliphatic heterocycles. The Kier molecular flexibility index (Phi) is 5.95. The number of ether oxygens (including phenoxy) is 1. The summed E-state index contributed by atoms with van der Waals surface area (Å²) in [5.41, 5.74) is 9.16. The largest absolute Gasteiger partial charge is 0.490 e. The van der Waals surface area contributed by atoms with E-state index < -0.39 is 5.91 Å². The molecule has 2 aliphatic carbocycles. The van der Waals surface area contributed by atoms with Crippen molar-refractivity contribution in [2.75, 3.05) is 31.1 Å². The predicted octanol–water partition coefficient (Wildman–Crippen LogP) is 4.21. The third-order valence-corrected chi connectivity index (χ3v) is 9.31. The summed E-state index contributed by atoms with van der Waals surface area (Å²) in [6, 6.07) is 11.4. The third-order valence-electron chi connectivity index (χ3n) is 9.31. The standard InChI is InChI=1S/C29H38N4O2/c1-20-2-6-26(20)32-12-8-24(9-13-32)35-25-5-3-21-17-29(18-23(21)16-25)10-14-33(15-11-29)27-7-4-22(19-31-27)28(30)34/h3-5,7,16,19-20,24,26H,2,6,8-15,17-18H2,1H3,(H2,30,34). The molecule has 0 bridgehead atoms. The Balaban J connectivity index is 1.03. The van der Waals surface area contributed by atoms with Crippen LogP contribution in [0, 0.1) is 11.3 Å². The van der Waals surface area contributed by atoms with Crippen LogP contribution in [0.1, 0.15) is 66.9 Å². The van der Waals surface area contributed by atoms with Crippen molar-refractivity contribution < 1.29 is 9.53 Å². The molecule has 1 spiro atoms. The summed E-state index contributed by atoms with van der Waals surface area (Å²) in [4.78, 5) is 20.8. The lowest BCUT2D eigenvalue weighted by Gasteiger charge is -2.45. The molecule has 0 radical (unpaired) electrons. The highest BCUT2D eigenvalue weighted by atomic mass is 16.5. The smallest absolute Gasteiger partial charge is 0.250 e. The van der Waals surface area contributed by atoms with E-state index in [1.54, 1.807) is 12.3 Å². The van der Waals surface area contributed by atoms with Gasteiger partial charge in [0.05, 0.1) is 5.56 Å². The van der Waals surface area contributed by atoms with Crippen LogP contribution in [-0.2, 0) is 12.8 Å². The number of benzene rings is 1. The van der Waals surface area contributed by atoms with Gasteiger partial charge >= 0.3 is 0 Å². The minimum Gasteiger partial charge on any atom is -0.490 e. The van der Waals surface area contributed by atoms with Gasteiger partial charge in [0.15, 0.2) is 0 Å². The van der Waals surface area contributed by atoms with E-state index in [1.807, 2.05) is 6.07 Å². The number of carbonyl (C=O) groups is 1. The van der Waals surface area contributed by atoms with Gasteiger partial charge in [-0.1, -0.05) is 13.0 Å². The van der Waals surface area contributed by atoms with Crippen LogP contribution in [0.4, 0.5) is 5.82 Å². The molecule has 1 aromatic carbocycles. The molecule has 2 N–H and O–H groups in total. The van der Waals surface area contributed by atoms with Crippen LogP contribution in [-0.4, -0.2) is 54.1 Å². The molecule has 1 amide bonds. The fraction of sp³-hybridized carbons (Fsp3) is 0.586. The average Bonchev–Trinajstić information content (AvgIpc) is 3.21. The second-order valence-electron chi connectivity index (χ2n) is 11.5. The molecule has 2 unspecified atom stereocenters. The van der Waals surface area contributed by atoms with Crippen molar-refractivity contribution in [3.05, 3.63) is 53.2 Å². The Bertz CT molecular complexity index is 1070. The monoisotopic (exact) mass is 474 g/mol. The second-order valence-corrected chi connectivity index (χ2v) is 11.5. The maximum atomic E-state index is 11.3. The third kappa shape index (κ3) is 4.53. The van der Waals surface area contributed by atoms with Gasteiger partial charge in [0, 0.05) is 38.4 Å². The number of pyridine rings is 1. The van der Waals surface area contributed by atoms with E-state index in [0.29, 0.717) is 17.1 Å². The van der Waals surface area contributed by atoms with E-state index in [1.165, 1.54) is 43.5 Å². The van der Waals surface area contributed by atoms with E-state index in [0.717, 1.165) is 68.7 Å². The van der Waals surface area contributed by atoms with Gasteiger partial charge in [-0.15, -0.1) is 0 Å². The van der Waals surface area contributed by atoms with Crippen molar-refractivity contribution >= 4 is 11.7 Å². The molecule has 4 aliphatic rings. The van der Waals surface area contributed by atoms with Crippen molar-refractivity contribution in [1.82, 2.24) is 9.88 Å². The molecule has 2 aromatic rings. The summed E-state index contributed by atoms with van der Waals surface area (Å²) < 4.78 is 6.49. The molecule has 6 rings (SSSR count). The first-order valence-electron chi connectivity index (χ1n) is 13.5. The van der Waals surface area contributed by atoms with Gasteiger partial charge in [0.25, 0.3) is 0 Å². The maximum absolute atomic E-state index is 11.3. The summed E-state index contributed by atoms with van der Waals surface area (Å²) in [7, 11) is 0. The molecule has 1 aromatic heterocycles. The van der Waals surface area contributed by atoms with Crippen LogP contribution in [0.15, 0.2) is 36.5 Å². The second kappa shape index (κ2) is 9.12. The van der Waals surface area contributed by atoms with Crippen LogP contribution in [0.25, 0.3) is 0 Å². The van der Waals surface area contributed by atoms with Crippen molar-refractivity contribution in [2.45, 2.75) is 70.4 Å². The van der Waals surface area contributed by atoms with Gasteiger partial charge in [0.1, 0.15) is 17.7 Å². The Hall–Kier alpha value is -2.60. The van der Waals surface area contributed by atoms with E-state index in [2.05, 4.69) is 39.9 Å². The average molecular weight is 475 g/mol. The number of aromatic nitrogens is 1. The molecule has 6 heteroatoms. The van der Waals surface area contributed by atoms with Crippen LogP contribution in [0.5, 0.6) is 5.75 Å². The number of nitrogens with zero attached hydrogens (tertiary/aromatic N) is 3. The first-order chi connectivity index (χ1) is 17.0. The number of amides is 1. The van der Waals surface area contributed by atoms with Gasteiger partial charge in [-0.05, 0) is 98.1 Å². The zero-order valence-corrected chi connectivity index (χ0v) is 20.9. The molecule has 3 fully saturated rings. The van der Waals surface area contributed by atoms with E-state index in [-0.39, 0.29) is 0 Å². The lowest BCUT2D eigenvalue weighted by molar-refractivity contribution is 0.0204. The molecule has 186 valence electrons. The Morgan fingerprint density at radius 1 is 1.00 bits per heavy atom. The van der Waals surface area contributed by atoms with E-state index in [9.17, 15) is 4.79 Å². The van der Waals surface area contributed by atoms with Crippen LogP contribution < -0.4 is 15.4 Å². The molecular formula is C29H38N4O2. The Labute approximate surface area is 208 Å². The zero-order chi connectivity index (χ0) is 24.0. The number of hydrogen-bond donors (Lipinski definition) is 1. The number of likely N-dealkylation sites (tertiary alicyclic amines) is 1. The quantitative estimate of drug-likeness (QED) is 0.703. The number of carbonyl (C=O) groups excluding carboxylic acids is 1. The first-order valence-corrected chi connectivity index (χ1v) is 13.5. The van der Waals surface area contributed by atoms with Gasteiger partial charge in [0.2, 0.25) is 5.91 Å². The normalized spacial score (nSPS) is 26.4. The molecule has 2 saturated heterocycles. The number of fused-ring (bicyclic) bond motifs is 1. The number of anilines is 1. The van der Waals surface area contributed by atoms with Crippen molar-refractivity contribution in [2.24, 2.45) is 17.1 Å². The van der Waals surface area contributed by atoms with Crippen LogP contribution >= 0.6 is 0 Å². The molecule has 6 nitrogen and oxygen atoms in total. The molecule has 35 heavy (non-hydrogen) atoms. The SMILES string of the molecule is CC1CCC1N1CCC(Oc2ccc3c(c2)CC2(CCN(c4ccc(C(N)=O)cn4)CC2)C3)CC1. The van der Waals surface area contributed by atoms with Crippen molar-refractivity contribution in [1.29, 1.82) is 0 Å². The lowest BCUT2D eigenvalue weighted by atomic mass is 9.76. The predicted molar refractivity (Wildman–Crippen MR) is 138 cm³/mol. The number of piperidine rings is 2. The van der Waals surface area contributed by atoms with Gasteiger partial charge in [-0.25, -0.2) is 4.98 Å². The van der Waals surface area contributed by atoms with Crippen molar-refractivity contribution in [3.63, 3.8) is 0 Å². The number of nitrogens with two attached hydrogens (primary N) is 1. The molecule has 3 heterocycles. The van der Waals surface area contributed by atoms with Gasteiger partial charge < -0.3 is 15.4 Å². The summed E-state index contributed by atoms with van der Waals surface area (Å²) in [5, 5.41) is 0. The molecule has 1 saturated carbocycles. The van der Waals surface area contributed by atoms with Crippen molar-refractivity contribution in [3.8, 4) is 5.75 Å². The minimum absolute atomic E-state index is 0.353. The maximum Gasteiger partial charge on any atom is 0.250 e. The summed E-state index contributed by atoms with van der Waals surface area (Å²) in [5.74, 6) is 2.45. The van der Waals surface area contributed by atoms with Gasteiger partial charge in [-0.3, -0.25) is 9.69 Å². The van der Waals surface area contributed by atoms with Crippen LogP contribution in [0.3, 0.4) is 0 Å². The zero-order valence-electron chi connectivity index (χ0n) is 20.9. The number of rotatable bonds is 5. The first kappa shape index (κ1) is 22.8. The summed E-state index contributed by atoms with van der Waals surface area (Å²) in [6.07, 6.45) is 11.7. The summed E-state index contributed by atoms with van der Waals surface area (Å²) in [6.45, 7) is 6.77. The van der Waals surface area contributed by atoms with E-state index >= 15 is 0 Å². The highest BCUT2D eigenvalue weighted by molar-refractivity contribution is 5.92. The van der Waals surface area contributed by atoms with Crippen LogP contribution in [0.2, 0.25) is 0 Å². The van der Waals surface area contributed by atoms with E-state index in [4.69, 9.17) is 10.5 Å².